The first-order valence-electron chi connectivity index (χ1n) is 13.0. The maximum Gasteiger partial charge on any atom is 0.281 e. The van der Waals surface area contributed by atoms with E-state index in [9.17, 15) is 27.2 Å². The van der Waals surface area contributed by atoms with Crippen LogP contribution in [0.15, 0.2) is 84.0 Å². The quantitative estimate of drug-likeness (QED) is 0.188. The Labute approximate surface area is 248 Å². The number of hydrogen-bond acceptors (Lipinski definition) is 6. The lowest BCUT2D eigenvalue weighted by Gasteiger charge is -2.24. The number of rotatable bonds is 9. The van der Waals surface area contributed by atoms with Gasteiger partial charge in [0.25, 0.3) is 5.91 Å². The van der Waals surface area contributed by atoms with Crippen molar-refractivity contribution in [1.82, 2.24) is 5.01 Å². The molecule has 1 aliphatic heterocycles. The molecular weight excluding hydrogens is 584 g/mol. The molecule has 4 aromatic rings. The van der Waals surface area contributed by atoms with Gasteiger partial charge in [-0.3, -0.25) is 9.59 Å². The number of carbonyl (C=O) groups excluding carboxylic acids is 2. The van der Waals surface area contributed by atoms with E-state index in [0.29, 0.717) is 35.4 Å². The van der Waals surface area contributed by atoms with E-state index in [1.807, 2.05) is 24.3 Å². The highest BCUT2D eigenvalue weighted by atomic mass is 32.2. The standard InChI is InChI=1S/C32H24F4N2O4S/c1-18(39)13-19-5-3-6-20(14-19)17-42-27-8-4-7-24(29(27)41-2)32-38(31(40)28-25(35)15-23(34)16-26(28)36)37-30(43-32)21-9-11-22(33)12-10-21/h3-12,14-16,32H,13,17H2,1-2H3. The molecule has 1 aliphatic rings. The summed E-state index contributed by atoms with van der Waals surface area (Å²) in [6, 6.07) is 18.6. The number of hydrogen-bond donors (Lipinski definition) is 0. The van der Waals surface area contributed by atoms with Gasteiger partial charge >= 0.3 is 0 Å². The molecule has 6 nitrogen and oxygen atoms in total. The van der Waals surface area contributed by atoms with E-state index in [4.69, 9.17) is 9.47 Å². The lowest BCUT2D eigenvalue weighted by molar-refractivity contribution is -0.116. The van der Waals surface area contributed by atoms with Gasteiger partial charge in [0.1, 0.15) is 51.6 Å². The number of amides is 1. The van der Waals surface area contributed by atoms with Gasteiger partial charge in [0.15, 0.2) is 11.5 Å². The first-order valence-corrected chi connectivity index (χ1v) is 13.9. The fourth-order valence-corrected chi connectivity index (χ4v) is 5.77. The zero-order valence-corrected chi connectivity index (χ0v) is 23.8. The smallest absolute Gasteiger partial charge is 0.281 e. The third-order valence-corrected chi connectivity index (χ3v) is 7.70. The van der Waals surface area contributed by atoms with Gasteiger partial charge in [-0.05, 0) is 48.4 Å². The van der Waals surface area contributed by atoms with Gasteiger partial charge in [0, 0.05) is 29.7 Å². The molecule has 0 N–H and O–H groups in total. The third kappa shape index (κ3) is 6.56. The summed E-state index contributed by atoms with van der Waals surface area (Å²) in [4.78, 5) is 25.1. The fraction of sp³-hybridized carbons (Fsp3) is 0.156. The van der Waals surface area contributed by atoms with Crippen LogP contribution < -0.4 is 9.47 Å². The summed E-state index contributed by atoms with van der Waals surface area (Å²) in [5, 5.41) is 4.52. The minimum atomic E-state index is -1.38. The second-order valence-electron chi connectivity index (χ2n) is 9.64. The monoisotopic (exact) mass is 608 g/mol. The molecule has 0 saturated heterocycles. The second kappa shape index (κ2) is 12.7. The van der Waals surface area contributed by atoms with Gasteiger partial charge in [-0.15, -0.1) is 0 Å². The topological polar surface area (TPSA) is 68.2 Å². The maximum absolute atomic E-state index is 14.7. The van der Waals surface area contributed by atoms with E-state index in [2.05, 4.69) is 5.10 Å². The Morgan fingerprint density at radius 3 is 2.23 bits per heavy atom. The predicted molar refractivity (Wildman–Crippen MR) is 154 cm³/mol. The molecule has 0 aromatic heterocycles. The van der Waals surface area contributed by atoms with Crippen LogP contribution in [0.5, 0.6) is 11.5 Å². The van der Waals surface area contributed by atoms with Crippen LogP contribution in [0.3, 0.4) is 0 Å². The van der Waals surface area contributed by atoms with Gasteiger partial charge < -0.3 is 9.47 Å². The van der Waals surface area contributed by atoms with Gasteiger partial charge in [0.2, 0.25) is 0 Å². The van der Waals surface area contributed by atoms with E-state index in [-0.39, 0.29) is 23.2 Å². The fourth-order valence-electron chi connectivity index (χ4n) is 4.59. The van der Waals surface area contributed by atoms with Crippen LogP contribution in [0.1, 0.15) is 44.9 Å². The van der Waals surface area contributed by atoms with Crippen molar-refractivity contribution in [2.75, 3.05) is 7.11 Å². The molecule has 0 saturated carbocycles. The maximum atomic E-state index is 14.7. The van der Waals surface area contributed by atoms with Crippen molar-refractivity contribution in [2.24, 2.45) is 5.10 Å². The number of ketones is 1. The highest BCUT2D eigenvalue weighted by molar-refractivity contribution is 8.14. The molecule has 1 unspecified atom stereocenters. The van der Waals surface area contributed by atoms with Crippen molar-refractivity contribution in [3.05, 3.63) is 130 Å². The number of benzene rings is 4. The first kappa shape index (κ1) is 29.8. The highest BCUT2D eigenvalue weighted by Gasteiger charge is 2.39. The minimum absolute atomic E-state index is 0.0308. The number of para-hydroxylation sites is 1. The molecular formula is C32H24F4N2O4S. The molecule has 0 bridgehead atoms. The summed E-state index contributed by atoms with van der Waals surface area (Å²) < 4.78 is 68.4. The summed E-state index contributed by atoms with van der Waals surface area (Å²) in [6.07, 6.45) is 0.293. The Kier molecular flexibility index (Phi) is 8.81. The van der Waals surface area contributed by atoms with Gasteiger partial charge in [0.05, 0.1) is 7.11 Å². The van der Waals surface area contributed by atoms with Gasteiger partial charge in [-0.1, -0.05) is 48.2 Å². The highest BCUT2D eigenvalue weighted by Crippen LogP contribution is 2.48. The molecule has 1 heterocycles. The summed E-state index contributed by atoms with van der Waals surface area (Å²) in [7, 11) is 1.41. The molecule has 0 fully saturated rings. The van der Waals surface area contributed by atoms with Crippen LogP contribution in [-0.2, 0) is 17.8 Å². The second-order valence-corrected chi connectivity index (χ2v) is 10.7. The zero-order chi connectivity index (χ0) is 30.7. The third-order valence-electron chi connectivity index (χ3n) is 6.48. The van der Waals surface area contributed by atoms with Crippen molar-refractivity contribution < 1.29 is 36.6 Å². The molecule has 0 spiro atoms. The number of carbonyl (C=O) groups is 2. The lowest BCUT2D eigenvalue weighted by atomic mass is 10.1. The van der Waals surface area contributed by atoms with Crippen LogP contribution in [-0.4, -0.2) is 28.9 Å². The number of thioether (sulfide) groups is 1. The van der Waals surface area contributed by atoms with Crippen molar-refractivity contribution >= 4 is 28.5 Å². The van der Waals surface area contributed by atoms with Crippen molar-refractivity contribution in [1.29, 1.82) is 0 Å². The molecule has 4 aromatic carbocycles. The number of nitrogens with zero attached hydrogens (tertiary/aromatic N) is 2. The number of halogens is 4. The van der Waals surface area contributed by atoms with Crippen LogP contribution in [0.25, 0.3) is 0 Å². The molecule has 0 aliphatic carbocycles. The predicted octanol–water partition coefficient (Wildman–Crippen LogP) is 7.21. The van der Waals surface area contributed by atoms with Crippen LogP contribution in [0.4, 0.5) is 17.6 Å². The van der Waals surface area contributed by atoms with Crippen LogP contribution in [0.2, 0.25) is 0 Å². The van der Waals surface area contributed by atoms with Crippen molar-refractivity contribution in [2.45, 2.75) is 25.3 Å². The van der Waals surface area contributed by atoms with Crippen LogP contribution in [0, 0.1) is 23.3 Å². The first-order chi connectivity index (χ1) is 20.6. The summed E-state index contributed by atoms with van der Waals surface area (Å²) >= 11 is 1.08. The van der Waals surface area contributed by atoms with E-state index in [0.717, 1.165) is 27.9 Å². The van der Waals surface area contributed by atoms with Gasteiger partial charge in [-0.2, -0.15) is 5.10 Å². The number of hydrazone groups is 1. The van der Waals surface area contributed by atoms with Crippen molar-refractivity contribution in [3.8, 4) is 11.5 Å². The Morgan fingerprint density at radius 2 is 1.56 bits per heavy atom. The van der Waals surface area contributed by atoms with Gasteiger partial charge in [-0.25, -0.2) is 22.6 Å². The molecule has 43 heavy (non-hydrogen) atoms. The van der Waals surface area contributed by atoms with E-state index in [1.165, 1.54) is 38.3 Å². The van der Waals surface area contributed by atoms with E-state index >= 15 is 0 Å². The summed E-state index contributed by atoms with van der Waals surface area (Å²) in [6.45, 7) is 1.65. The Hall–Kier alpha value is -4.64. The average Bonchev–Trinajstić information content (AvgIpc) is 3.41. The largest absolute Gasteiger partial charge is 0.492 e. The molecule has 5 rings (SSSR count). The molecule has 220 valence electrons. The molecule has 11 heteroatoms. The number of Topliss-reactive ketones (excluding diaryl/α,β-unsaturated/α-hetero) is 1. The van der Waals surface area contributed by atoms with Crippen LogP contribution >= 0.6 is 11.8 Å². The molecule has 1 amide bonds. The lowest BCUT2D eigenvalue weighted by Crippen LogP contribution is -2.28. The normalized spacial score (nSPS) is 14.4. The Morgan fingerprint density at radius 1 is 0.884 bits per heavy atom. The number of methoxy groups -OCH3 is 1. The van der Waals surface area contributed by atoms with E-state index < -0.39 is 40.1 Å². The minimum Gasteiger partial charge on any atom is -0.492 e. The molecule has 1 atom stereocenters. The zero-order valence-electron chi connectivity index (χ0n) is 22.9. The Bertz CT molecular complexity index is 1710. The summed E-state index contributed by atoms with van der Waals surface area (Å²) in [5.41, 5.74) is 1.53. The molecule has 0 radical (unpaired) electrons. The Balaban J connectivity index is 1.51. The average molecular weight is 609 g/mol. The number of ether oxygens (including phenoxy) is 2. The van der Waals surface area contributed by atoms with E-state index in [1.54, 1.807) is 18.2 Å². The SMILES string of the molecule is COc1c(OCc2cccc(CC(C)=O)c2)cccc1C1SC(c2ccc(F)cc2)=NN1C(=O)c1c(F)cc(F)cc1F. The summed E-state index contributed by atoms with van der Waals surface area (Å²) in [5.74, 6) is -4.98. The van der Waals surface area contributed by atoms with Crippen molar-refractivity contribution in [3.63, 3.8) is 0 Å².